The Morgan fingerprint density at radius 3 is 2.29 bits per heavy atom. The van der Waals surface area contributed by atoms with Crippen LogP contribution in [0, 0.1) is 0 Å². The minimum absolute atomic E-state index is 0.0744. The highest BCUT2D eigenvalue weighted by Gasteiger charge is 2.45. The third kappa shape index (κ3) is 2.85. The van der Waals surface area contributed by atoms with Gasteiger partial charge >= 0.3 is 0 Å². The zero-order valence-corrected chi connectivity index (χ0v) is 11.5. The first-order valence-corrected chi connectivity index (χ1v) is 7.73. The fourth-order valence-corrected chi connectivity index (χ4v) is 3.87. The molecule has 2 aliphatic rings. The molecule has 0 spiro atoms. The molecule has 0 radical (unpaired) electrons. The quantitative estimate of drug-likeness (QED) is 0.719. The van der Waals surface area contributed by atoms with E-state index in [2.05, 4.69) is 11.8 Å². The first-order chi connectivity index (χ1) is 8.29. The summed E-state index contributed by atoms with van der Waals surface area (Å²) in [6.07, 6.45) is 12.5. The van der Waals surface area contributed by atoms with Gasteiger partial charge in [-0.1, -0.05) is 39.0 Å². The Bertz CT molecular complexity index is 217. The lowest BCUT2D eigenvalue weighted by Gasteiger charge is -2.42. The van der Waals surface area contributed by atoms with Crippen LogP contribution >= 0.6 is 0 Å². The summed E-state index contributed by atoms with van der Waals surface area (Å²) < 4.78 is 0. The van der Waals surface area contributed by atoms with Crippen molar-refractivity contribution in [2.24, 2.45) is 0 Å². The standard InChI is InChI=1S/C15H29NO/c1-2-3-4-9-14(17)15(10-5-6-11-15)16-12-7-8-13-16/h14,17H,2-13H2,1H3. The minimum atomic E-state index is -0.0744. The fourth-order valence-electron chi connectivity index (χ4n) is 3.87. The van der Waals surface area contributed by atoms with Gasteiger partial charge in [-0.2, -0.15) is 0 Å². The first kappa shape index (κ1) is 13.4. The molecule has 2 rings (SSSR count). The number of likely N-dealkylation sites (tertiary alicyclic amines) is 1. The van der Waals surface area contributed by atoms with Crippen LogP contribution in [0.1, 0.15) is 71.1 Å². The van der Waals surface area contributed by atoms with Gasteiger partial charge in [0.05, 0.1) is 6.10 Å². The van der Waals surface area contributed by atoms with Crippen LogP contribution < -0.4 is 0 Å². The summed E-state index contributed by atoms with van der Waals surface area (Å²) in [6.45, 7) is 4.69. The molecule has 0 aromatic carbocycles. The Morgan fingerprint density at radius 1 is 1.06 bits per heavy atom. The van der Waals surface area contributed by atoms with Crippen molar-refractivity contribution in [3.63, 3.8) is 0 Å². The van der Waals surface area contributed by atoms with Crippen molar-refractivity contribution in [2.45, 2.75) is 82.8 Å². The van der Waals surface area contributed by atoms with Gasteiger partial charge < -0.3 is 5.11 Å². The number of aliphatic hydroxyl groups excluding tert-OH is 1. The summed E-state index contributed by atoms with van der Waals surface area (Å²) in [5.41, 5.74) is 0.171. The van der Waals surface area contributed by atoms with E-state index in [9.17, 15) is 5.11 Å². The van der Waals surface area contributed by atoms with Crippen molar-refractivity contribution in [3.8, 4) is 0 Å². The van der Waals surface area contributed by atoms with Gasteiger partial charge in [0.2, 0.25) is 0 Å². The molecule has 0 bridgehead atoms. The Labute approximate surface area is 106 Å². The summed E-state index contributed by atoms with van der Waals surface area (Å²) in [5.74, 6) is 0. The molecule has 1 atom stereocenters. The van der Waals surface area contributed by atoms with Crippen LogP contribution in [0.3, 0.4) is 0 Å². The van der Waals surface area contributed by atoms with Gasteiger partial charge in [0.25, 0.3) is 0 Å². The molecule has 1 N–H and O–H groups in total. The monoisotopic (exact) mass is 239 g/mol. The van der Waals surface area contributed by atoms with Crippen molar-refractivity contribution in [1.29, 1.82) is 0 Å². The van der Waals surface area contributed by atoms with E-state index < -0.39 is 0 Å². The highest BCUT2D eigenvalue weighted by atomic mass is 16.3. The maximum absolute atomic E-state index is 10.6. The van der Waals surface area contributed by atoms with Crippen molar-refractivity contribution in [1.82, 2.24) is 4.90 Å². The summed E-state index contributed by atoms with van der Waals surface area (Å²) in [6, 6.07) is 0. The molecule has 100 valence electrons. The highest BCUT2D eigenvalue weighted by Crippen LogP contribution is 2.41. The summed E-state index contributed by atoms with van der Waals surface area (Å²) in [7, 11) is 0. The van der Waals surface area contributed by atoms with Gasteiger partial charge in [-0.05, 0) is 45.2 Å². The van der Waals surface area contributed by atoms with Gasteiger partial charge in [-0.3, -0.25) is 4.90 Å². The number of aliphatic hydroxyl groups is 1. The van der Waals surface area contributed by atoms with Gasteiger partial charge in [-0.15, -0.1) is 0 Å². The smallest absolute Gasteiger partial charge is 0.0723 e. The summed E-state index contributed by atoms with van der Waals surface area (Å²) in [5, 5.41) is 10.6. The van der Waals surface area contributed by atoms with E-state index in [1.165, 1.54) is 70.9 Å². The summed E-state index contributed by atoms with van der Waals surface area (Å²) >= 11 is 0. The largest absolute Gasteiger partial charge is 0.391 e. The zero-order valence-electron chi connectivity index (χ0n) is 11.5. The molecule has 1 heterocycles. The highest BCUT2D eigenvalue weighted by molar-refractivity contribution is 5.01. The second kappa shape index (κ2) is 6.19. The SMILES string of the molecule is CCCCCC(O)C1(N2CCCC2)CCCC1. The van der Waals surface area contributed by atoms with Gasteiger partial charge in [0, 0.05) is 5.54 Å². The lowest BCUT2D eigenvalue weighted by atomic mass is 9.85. The van der Waals surface area contributed by atoms with Crippen LogP contribution in [0.5, 0.6) is 0 Å². The minimum Gasteiger partial charge on any atom is -0.391 e. The molecule has 1 aliphatic carbocycles. The molecule has 17 heavy (non-hydrogen) atoms. The van der Waals surface area contributed by atoms with Crippen molar-refractivity contribution in [3.05, 3.63) is 0 Å². The normalized spacial score (nSPS) is 26.5. The molecule has 0 aromatic rings. The Balaban J connectivity index is 1.94. The molecule has 2 nitrogen and oxygen atoms in total. The van der Waals surface area contributed by atoms with E-state index >= 15 is 0 Å². The van der Waals surface area contributed by atoms with E-state index in [4.69, 9.17) is 0 Å². The topological polar surface area (TPSA) is 23.5 Å². The lowest BCUT2D eigenvalue weighted by Crippen LogP contribution is -2.53. The predicted molar refractivity (Wildman–Crippen MR) is 72.2 cm³/mol. The van der Waals surface area contributed by atoms with E-state index in [1.54, 1.807) is 0 Å². The number of unbranched alkanes of at least 4 members (excludes halogenated alkanes) is 2. The molecule has 0 amide bonds. The fraction of sp³-hybridized carbons (Fsp3) is 1.00. The number of rotatable bonds is 6. The Morgan fingerprint density at radius 2 is 1.71 bits per heavy atom. The third-order valence-electron chi connectivity index (χ3n) is 4.91. The van der Waals surface area contributed by atoms with Gasteiger partial charge in [-0.25, -0.2) is 0 Å². The van der Waals surface area contributed by atoms with Crippen LogP contribution in [-0.4, -0.2) is 34.7 Å². The average molecular weight is 239 g/mol. The van der Waals surface area contributed by atoms with Crippen molar-refractivity contribution in [2.75, 3.05) is 13.1 Å². The maximum atomic E-state index is 10.6. The molecule has 0 aromatic heterocycles. The number of hydrogen-bond donors (Lipinski definition) is 1. The Hall–Kier alpha value is -0.0800. The molecule has 1 saturated heterocycles. The Kier molecular flexibility index (Phi) is 4.87. The summed E-state index contributed by atoms with van der Waals surface area (Å²) in [4.78, 5) is 2.62. The molecule has 1 aliphatic heterocycles. The van der Waals surface area contributed by atoms with E-state index in [-0.39, 0.29) is 11.6 Å². The molecule has 2 fully saturated rings. The molecular formula is C15H29NO. The number of nitrogens with zero attached hydrogens (tertiary/aromatic N) is 1. The van der Waals surface area contributed by atoms with E-state index in [0.717, 1.165) is 6.42 Å². The van der Waals surface area contributed by atoms with Crippen molar-refractivity contribution < 1.29 is 5.11 Å². The molecule has 2 heteroatoms. The number of hydrogen-bond acceptors (Lipinski definition) is 2. The van der Waals surface area contributed by atoms with Gasteiger partial charge in [0.1, 0.15) is 0 Å². The van der Waals surface area contributed by atoms with Gasteiger partial charge in [0.15, 0.2) is 0 Å². The van der Waals surface area contributed by atoms with Crippen LogP contribution in [0.15, 0.2) is 0 Å². The third-order valence-corrected chi connectivity index (χ3v) is 4.91. The van der Waals surface area contributed by atoms with Crippen LogP contribution in [0.25, 0.3) is 0 Å². The molecule has 1 saturated carbocycles. The first-order valence-electron chi connectivity index (χ1n) is 7.73. The van der Waals surface area contributed by atoms with Crippen LogP contribution in [0.4, 0.5) is 0 Å². The van der Waals surface area contributed by atoms with Crippen LogP contribution in [0.2, 0.25) is 0 Å². The average Bonchev–Trinajstić information content (AvgIpc) is 3.00. The lowest BCUT2D eigenvalue weighted by molar-refractivity contribution is -0.0231. The zero-order chi connectivity index (χ0) is 12.1. The maximum Gasteiger partial charge on any atom is 0.0723 e. The second-order valence-electron chi connectivity index (χ2n) is 6.02. The van der Waals surface area contributed by atoms with Crippen molar-refractivity contribution >= 4 is 0 Å². The van der Waals surface area contributed by atoms with Crippen LogP contribution in [-0.2, 0) is 0 Å². The second-order valence-corrected chi connectivity index (χ2v) is 6.02. The molecular weight excluding hydrogens is 210 g/mol. The van der Waals surface area contributed by atoms with E-state index in [1.807, 2.05) is 0 Å². The molecule has 1 unspecified atom stereocenters. The predicted octanol–water partition coefficient (Wildman–Crippen LogP) is 3.34. The van der Waals surface area contributed by atoms with E-state index in [0.29, 0.717) is 0 Å².